The quantitative estimate of drug-likeness (QED) is 0.684. The van der Waals surface area contributed by atoms with Crippen LogP contribution < -0.4 is 4.74 Å². The van der Waals surface area contributed by atoms with Crippen molar-refractivity contribution in [2.45, 2.75) is 12.6 Å². The van der Waals surface area contributed by atoms with E-state index >= 15 is 0 Å². The summed E-state index contributed by atoms with van der Waals surface area (Å²) < 4.78 is 14.9. The Bertz CT molecular complexity index is 835. The molecule has 0 N–H and O–H groups in total. The molecule has 5 nitrogen and oxygen atoms in total. The molecular weight excluding hydrogens is 370 g/mol. The second-order valence-electron chi connectivity index (χ2n) is 5.64. The largest absolute Gasteiger partial charge is 0.489 e. The van der Waals surface area contributed by atoms with Crippen molar-refractivity contribution in [3.05, 3.63) is 64.9 Å². The maximum atomic E-state index is 6.02. The molecule has 0 aliphatic carbocycles. The number of ether oxygens (including phenoxy) is 2. The van der Waals surface area contributed by atoms with E-state index < -0.39 is 0 Å². The van der Waals surface area contributed by atoms with Crippen LogP contribution in [0, 0.1) is 0 Å². The van der Waals surface area contributed by atoms with Crippen molar-refractivity contribution in [3.8, 4) is 17.1 Å². The van der Waals surface area contributed by atoms with Crippen molar-refractivity contribution in [3.63, 3.8) is 0 Å². The van der Waals surface area contributed by atoms with E-state index in [0.29, 0.717) is 19.8 Å². The van der Waals surface area contributed by atoms with E-state index in [9.17, 15) is 0 Å². The van der Waals surface area contributed by atoms with Gasteiger partial charge in [-0.15, -0.1) is 10.2 Å². The Labute approximate surface area is 148 Å². The van der Waals surface area contributed by atoms with Gasteiger partial charge in [-0.3, -0.25) is 0 Å². The van der Waals surface area contributed by atoms with Crippen molar-refractivity contribution in [1.82, 2.24) is 14.8 Å². The van der Waals surface area contributed by atoms with E-state index in [-0.39, 0.29) is 6.04 Å². The number of hydrogen-bond donors (Lipinski definition) is 0. The van der Waals surface area contributed by atoms with Gasteiger partial charge in [-0.1, -0.05) is 36.4 Å². The lowest BCUT2D eigenvalue weighted by molar-refractivity contribution is 0.0734. The van der Waals surface area contributed by atoms with Gasteiger partial charge in [0.25, 0.3) is 0 Å². The van der Waals surface area contributed by atoms with Crippen LogP contribution in [0.15, 0.2) is 59.3 Å². The predicted molar refractivity (Wildman–Crippen MR) is 93.8 cm³/mol. The topological polar surface area (TPSA) is 49.2 Å². The molecule has 4 rings (SSSR count). The monoisotopic (exact) mass is 385 g/mol. The Morgan fingerprint density at radius 2 is 2.04 bits per heavy atom. The zero-order chi connectivity index (χ0) is 16.4. The summed E-state index contributed by atoms with van der Waals surface area (Å²) in [6.07, 6.45) is 1.74. The number of fused-ring (bicyclic) bond motifs is 3. The molecule has 6 heteroatoms. The highest BCUT2D eigenvalue weighted by Crippen LogP contribution is 2.38. The number of halogens is 1. The van der Waals surface area contributed by atoms with Crippen molar-refractivity contribution in [1.29, 1.82) is 0 Å². The molecule has 0 fully saturated rings. The number of rotatable bonds is 4. The molecule has 3 aromatic rings. The first kappa shape index (κ1) is 15.4. The van der Waals surface area contributed by atoms with Crippen LogP contribution in [0.25, 0.3) is 11.4 Å². The Morgan fingerprint density at radius 1 is 1.17 bits per heavy atom. The van der Waals surface area contributed by atoms with Gasteiger partial charge in [0.15, 0.2) is 5.82 Å². The van der Waals surface area contributed by atoms with Crippen molar-refractivity contribution < 1.29 is 9.47 Å². The lowest BCUT2D eigenvalue weighted by atomic mass is 10.2. The minimum atomic E-state index is 0.0259. The molecule has 1 aromatic heterocycles. The molecule has 0 bridgehead atoms. The lowest BCUT2D eigenvalue weighted by Gasteiger charge is -2.17. The fraction of sp³-hybridized carbons (Fsp3) is 0.222. The molecule has 24 heavy (non-hydrogen) atoms. The third kappa shape index (κ3) is 2.95. The van der Waals surface area contributed by atoms with Crippen LogP contribution in [-0.2, 0) is 11.3 Å². The number of nitrogens with zero attached hydrogens (tertiary/aromatic N) is 3. The Hall–Kier alpha value is -2.18. The standard InChI is InChI=1S/C18H16BrN3O2/c19-16-8-4-7-15-17(16)24-11-14(22-12-20-21-18(15)22)10-23-9-13-5-2-1-3-6-13/h1-8,12,14H,9-11H2/t14-/m0/s1. The normalized spacial score (nSPS) is 16.0. The van der Waals surface area contributed by atoms with E-state index in [4.69, 9.17) is 9.47 Å². The number of hydrogen-bond acceptors (Lipinski definition) is 4. The molecule has 0 spiro atoms. The fourth-order valence-electron chi connectivity index (χ4n) is 2.81. The summed E-state index contributed by atoms with van der Waals surface area (Å²) in [6.45, 7) is 1.62. The van der Waals surface area contributed by atoms with Crippen LogP contribution in [0.5, 0.6) is 5.75 Å². The SMILES string of the molecule is Brc1cccc2c1OC[C@H](COCc1ccccc1)n1cnnc1-2. The van der Waals surface area contributed by atoms with Crippen molar-refractivity contribution in [2.75, 3.05) is 13.2 Å². The first-order valence-electron chi connectivity index (χ1n) is 7.76. The first-order chi connectivity index (χ1) is 11.8. The lowest BCUT2D eigenvalue weighted by Crippen LogP contribution is -2.21. The van der Waals surface area contributed by atoms with Crippen molar-refractivity contribution >= 4 is 15.9 Å². The first-order valence-corrected chi connectivity index (χ1v) is 8.55. The molecule has 1 aliphatic rings. The molecule has 0 amide bonds. The van der Waals surface area contributed by atoms with Crippen molar-refractivity contribution in [2.24, 2.45) is 0 Å². The fourth-order valence-corrected chi connectivity index (χ4v) is 3.29. The second kappa shape index (κ2) is 6.75. The third-order valence-electron chi connectivity index (χ3n) is 4.02. The molecular formula is C18H16BrN3O2. The number of benzene rings is 2. The summed E-state index contributed by atoms with van der Waals surface area (Å²) in [7, 11) is 0. The maximum absolute atomic E-state index is 6.02. The van der Waals surface area contributed by atoms with Crippen LogP contribution in [0.2, 0.25) is 0 Å². The molecule has 122 valence electrons. The summed E-state index contributed by atoms with van der Waals surface area (Å²) >= 11 is 3.55. The average Bonchev–Trinajstić information content (AvgIpc) is 3.03. The molecule has 0 saturated carbocycles. The zero-order valence-electron chi connectivity index (χ0n) is 12.9. The maximum Gasteiger partial charge on any atom is 0.168 e. The minimum Gasteiger partial charge on any atom is -0.489 e. The van der Waals surface area contributed by atoms with Gasteiger partial charge in [0.05, 0.1) is 29.3 Å². The smallest absolute Gasteiger partial charge is 0.168 e. The molecule has 1 aliphatic heterocycles. The Kier molecular flexibility index (Phi) is 4.32. The van der Waals surface area contributed by atoms with Crippen LogP contribution in [0.1, 0.15) is 11.6 Å². The highest BCUT2D eigenvalue weighted by atomic mass is 79.9. The van der Waals surface area contributed by atoms with E-state index in [0.717, 1.165) is 27.2 Å². The third-order valence-corrected chi connectivity index (χ3v) is 4.64. The summed E-state index contributed by atoms with van der Waals surface area (Å²) in [5, 5.41) is 8.35. The molecule has 0 radical (unpaired) electrons. The average molecular weight is 386 g/mol. The summed E-state index contributed by atoms with van der Waals surface area (Å²) in [6, 6.07) is 16.1. The van der Waals surface area contributed by atoms with E-state index in [1.165, 1.54) is 0 Å². The van der Waals surface area contributed by atoms with E-state index in [2.05, 4.69) is 38.3 Å². The van der Waals surface area contributed by atoms with Gasteiger partial charge in [-0.25, -0.2) is 0 Å². The van der Waals surface area contributed by atoms with Gasteiger partial charge in [-0.2, -0.15) is 0 Å². The van der Waals surface area contributed by atoms with Gasteiger partial charge < -0.3 is 14.0 Å². The van der Waals surface area contributed by atoms with Gasteiger partial charge in [0.2, 0.25) is 0 Å². The van der Waals surface area contributed by atoms with Gasteiger partial charge in [-0.05, 0) is 33.6 Å². The minimum absolute atomic E-state index is 0.0259. The molecule has 2 aromatic carbocycles. The summed E-state index contributed by atoms with van der Waals surface area (Å²) in [5.41, 5.74) is 2.09. The predicted octanol–water partition coefficient (Wildman–Crippen LogP) is 3.86. The zero-order valence-corrected chi connectivity index (χ0v) is 14.5. The van der Waals surface area contributed by atoms with Crippen LogP contribution in [0.3, 0.4) is 0 Å². The van der Waals surface area contributed by atoms with Crippen LogP contribution >= 0.6 is 15.9 Å². The van der Waals surface area contributed by atoms with Crippen LogP contribution in [-0.4, -0.2) is 28.0 Å². The Balaban J connectivity index is 1.54. The second-order valence-corrected chi connectivity index (χ2v) is 6.50. The van der Waals surface area contributed by atoms with Gasteiger partial charge >= 0.3 is 0 Å². The van der Waals surface area contributed by atoms with E-state index in [1.54, 1.807) is 6.33 Å². The highest BCUT2D eigenvalue weighted by Gasteiger charge is 2.25. The molecule has 2 heterocycles. The summed E-state index contributed by atoms with van der Waals surface area (Å²) in [5.74, 6) is 1.61. The van der Waals surface area contributed by atoms with Gasteiger partial charge in [0, 0.05) is 0 Å². The highest BCUT2D eigenvalue weighted by molar-refractivity contribution is 9.10. The van der Waals surface area contributed by atoms with Crippen LogP contribution in [0.4, 0.5) is 0 Å². The number of para-hydroxylation sites is 1. The molecule has 0 unspecified atom stereocenters. The van der Waals surface area contributed by atoms with E-state index in [1.807, 2.05) is 41.0 Å². The summed E-state index contributed by atoms with van der Waals surface area (Å²) in [4.78, 5) is 0. The molecule has 1 atom stereocenters. The molecule has 0 saturated heterocycles. The van der Waals surface area contributed by atoms with Gasteiger partial charge in [0.1, 0.15) is 18.7 Å². The number of aromatic nitrogens is 3. The Morgan fingerprint density at radius 3 is 2.92 bits per heavy atom.